The van der Waals surface area contributed by atoms with Crippen LogP contribution in [0.2, 0.25) is 0 Å². The van der Waals surface area contributed by atoms with Gasteiger partial charge in [-0.2, -0.15) is 0 Å². The van der Waals surface area contributed by atoms with Gasteiger partial charge in [0.1, 0.15) is 0 Å². The van der Waals surface area contributed by atoms with Gasteiger partial charge in [-0.05, 0) is 30.9 Å². The van der Waals surface area contributed by atoms with E-state index in [4.69, 9.17) is 5.11 Å². The van der Waals surface area contributed by atoms with Gasteiger partial charge in [-0.15, -0.1) is 0 Å². The van der Waals surface area contributed by atoms with Gasteiger partial charge in [0.15, 0.2) is 0 Å². The number of aliphatic carboxylic acids is 1. The Hall–Kier alpha value is -2.43. The zero-order chi connectivity index (χ0) is 16.6. The molecule has 23 heavy (non-hydrogen) atoms. The first-order valence-corrected chi connectivity index (χ1v) is 7.89. The number of nitrogens with zero attached hydrogens (tertiary/aromatic N) is 1. The number of nitrogens with one attached hydrogen (secondary N) is 1. The molecule has 0 spiro atoms. The molecular weight excluding hydrogens is 292 g/mol. The quantitative estimate of drug-likeness (QED) is 0.909. The number of carbonyl (C=O) groups is 2. The highest BCUT2D eigenvalue weighted by molar-refractivity contribution is 6.06. The largest absolute Gasteiger partial charge is 0.481 e. The molecule has 1 aliphatic rings. The van der Waals surface area contributed by atoms with E-state index in [1.54, 1.807) is 0 Å². The van der Waals surface area contributed by atoms with Crippen LogP contribution in [0.4, 0.5) is 0 Å². The predicted octanol–water partition coefficient (Wildman–Crippen LogP) is 2.95. The third kappa shape index (κ3) is 3.04. The lowest BCUT2D eigenvalue weighted by molar-refractivity contribution is -0.145. The van der Waals surface area contributed by atoms with Crippen molar-refractivity contribution in [2.45, 2.75) is 38.6 Å². The maximum atomic E-state index is 12.6. The van der Waals surface area contributed by atoms with Crippen LogP contribution >= 0.6 is 0 Å². The van der Waals surface area contributed by atoms with Crippen LogP contribution < -0.4 is 5.32 Å². The number of hydrogen-bond donors (Lipinski definition) is 2. The number of pyridine rings is 1. The zero-order valence-corrected chi connectivity index (χ0v) is 13.2. The van der Waals surface area contributed by atoms with Gasteiger partial charge in [0.25, 0.3) is 5.91 Å². The van der Waals surface area contributed by atoms with Crippen LogP contribution in [0.25, 0.3) is 10.9 Å². The van der Waals surface area contributed by atoms with Crippen molar-refractivity contribution in [3.8, 4) is 0 Å². The molecule has 0 bridgehead atoms. The summed E-state index contributed by atoms with van der Waals surface area (Å²) in [7, 11) is 0. The fourth-order valence-electron chi connectivity index (χ4n) is 2.88. The Kier molecular flexibility index (Phi) is 4.03. The Balaban J connectivity index is 1.86. The van der Waals surface area contributed by atoms with Gasteiger partial charge < -0.3 is 10.4 Å². The van der Waals surface area contributed by atoms with Crippen molar-refractivity contribution in [2.24, 2.45) is 5.92 Å². The molecule has 0 radical (unpaired) electrons. The molecule has 2 N–H and O–H groups in total. The summed E-state index contributed by atoms with van der Waals surface area (Å²) in [5.74, 6) is -1.04. The number of carboxylic acid groups (broad SMARTS) is 1. The molecule has 2 aromatic rings. The number of carbonyl (C=O) groups excluding carboxylic acids is 1. The normalized spacial score (nSPS) is 20.3. The fourth-order valence-corrected chi connectivity index (χ4v) is 2.88. The van der Waals surface area contributed by atoms with Gasteiger partial charge in [0.05, 0.1) is 17.0 Å². The van der Waals surface area contributed by atoms with Crippen molar-refractivity contribution in [2.75, 3.05) is 0 Å². The van der Waals surface area contributed by atoms with E-state index in [2.05, 4.69) is 10.3 Å². The Bertz CT molecular complexity index is 764. The number of hydrogen-bond acceptors (Lipinski definition) is 3. The summed E-state index contributed by atoms with van der Waals surface area (Å²) < 4.78 is 0. The van der Waals surface area contributed by atoms with E-state index < -0.39 is 5.97 Å². The van der Waals surface area contributed by atoms with Gasteiger partial charge in [-0.1, -0.05) is 32.0 Å². The second kappa shape index (κ2) is 5.99. The molecule has 1 fully saturated rings. The molecule has 1 amide bonds. The summed E-state index contributed by atoms with van der Waals surface area (Å²) in [5, 5.41) is 12.7. The lowest BCUT2D eigenvalue weighted by Crippen LogP contribution is -2.46. The first kappa shape index (κ1) is 15.5. The van der Waals surface area contributed by atoms with Gasteiger partial charge in [-0.3, -0.25) is 14.6 Å². The van der Waals surface area contributed by atoms with E-state index in [9.17, 15) is 9.59 Å². The second-order valence-electron chi connectivity index (χ2n) is 6.44. The number of carboxylic acids is 1. The van der Waals surface area contributed by atoms with E-state index in [-0.39, 0.29) is 23.8 Å². The third-order valence-corrected chi connectivity index (χ3v) is 4.39. The van der Waals surface area contributed by atoms with Crippen LogP contribution in [0.3, 0.4) is 0 Å². The molecule has 1 aliphatic carbocycles. The molecule has 0 saturated heterocycles. The Morgan fingerprint density at radius 1 is 1.26 bits per heavy atom. The molecule has 1 aromatic heterocycles. The minimum atomic E-state index is -0.785. The maximum absolute atomic E-state index is 12.6. The topological polar surface area (TPSA) is 79.3 Å². The molecule has 3 rings (SSSR count). The van der Waals surface area contributed by atoms with Crippen LogP contribution in [0.5, 0.6) is 0 Å². The first-order chi connectivity index (χ1) is 11.0. The van der Waals surface area contributed by atoms with Gasteiger partial charge in [-0.25, -0.2) is 0 Å². The molecule has 5 heteroatoms. The third-order valence-electron chi connectivity index (χ3n) is 4.39. The number of para-hydroxylation sites is 1. The van der Waals surface area contributed by atoms with Crippen LogP contribution in [-0.2, 0) is 4.79 Å². The smallest absolute Gasteiger partial charge is 0.306 e. The molecule has 1 saturated carbocycles. The highest BCUT2D eigenvalue weighted by Crippen LogP contribution is 2.28. The van der Waals surface area contributed by atoms with Crippen molar-refractivity contribution >= 4 is 22.8 Å². The number of aromatic nitrogens is 1. The van der Waals surface area contributed by atoms with Crippen molar-refractivity contribution < 1.29 is 14.7 Å². The number of amides is 1. The molecular formula is C18H20N2O3. The van der Waals surface area contributed by atoms with Crippen LogP contribution in [-0.4, -0.2) is 28.0 Å². The van der Waals surface area contributed by atoms with E-state index in [1.165, 1.54) is 0 Å². The lowest BCUT2D eigenvalue weighted by atomic mass is 9.80. The summed E-state index contributed by atoms with van der Waals surface area (Å²) in [5.41, 5.74) is 2.30. The summed E-state index contributed by atoms with van der Waals surface area (Å²) in [4.78, 5) is 28.1. The van der Waals surface area contributed by atoms with Crippen LogP contribution in [0.15, 0.2) is 30.3 Å². The summed E-state index contributed by atoms with van der Waals surface area (Å²) in [6.45, 7) is 4.09. The van der Waals surface area contributed by atoms with Gasteiger partial charge in [0.2, 0.25) is 0 Å². The maximum Gasteiger partial charge on any atom is 0.306 e. The van der Waals surface area contributed by atoms with Crippen LogP contribution in [0, 0.1) is 5.92 Å². The van der Waals surface area contributed by atoms with Crippen molar-refractivity contribution in [3.05, 3.63) is 41.6 Å². The van der Waals surface area contributed by atoms with Crippen molar-refractivity contribution in [1.29, 1.82) is 0 Å². The Labute approximate surface area is 134 Å². The van der Waals surface area contributed by atoms with E-state index >= 15 is 0 Å². The molecule has 0 atom stereocenters. The standard InChI is InChI=1S/C18H20N2O3/c1-10(2)16-9-14(13-5-3-4-6-15(13)20-16)17(21)19-12-7-11(8-12)18(22)23/h3-6,9-12H,7-8H2,1-2H3,(H,19,21)(H,22,23). The van der Waals surface area contributed by atoms with E-state index in [1.807, 2.05) is 44.2 Å². The number of fused-ring (bicyclic) bond motifs is 1. The fraction of sp³-hybridized carbons (Fsp3) is 0.389. The molecule has 0 unspecified atom stereocenters. The van der Waals surface area contributed by atoms with E-state index in [0.717, 1.165) is 16.6 Å². The number of benzene rings is 1. The summed E-state index contributed by atoms with van der Waals surface area (Å²) >= 11 is 0. The minimum Gasteiger partial charge on any atom is -0.481 e. The van der Waals surface area contributed by atoms with Crippen LogP contribution in [0.1, 0.15) is 48.7 Å². The monoisotopic (exact) mass is 312 g/mol. The van der Waals surface area contributed by atoms with Gasteiger partial charge >= 0.3 is 5.97 Å². The molecule has 120 valence electrons. The summed E-state index contributed by atoms with van der Waals surface area (Å²) in [6.07, 6.45) is 1.00. The average Bonchev–Trinajstić information content (AvgIpc) is 2.48. The molecule has 1 heterocycles. The SMILES string of the molecule is CC(C)c1cc(C(=O)NC2CC(C(=O)O)C2)c2ccccc2n1. The molecule has 5 nitrogen and oxygen atoms in total. The zero-order valence-electron chi connectivity index (χ0n) is 13.2. The highest BCUT2D eigenvalue weighted by atomic mass is 16.4. The second-order valence-corrected chi connectivity index (χ2v) is 6.44. The lowest BCUT2D eigenvalue weighted by Gasteiger charge is -2.33. The van der Waals surface area contributed by atoms with E-state index in [0.29, 0.717) is 18.4 Å². The number of rotatable bonds is 4. The first-order valence-electron chi connectivity index (χ1n) is 7.89. The highest BCUT2D eigenvalue weighted by Gasteiger charge is 2.35. The molecule has 0 aliphatic heterocycles. The Morgan fingerprint density at radius 3 is 2.61 bits per heavy atom. The van der Waals surface area contributed by atoms with Gasteiger partial charge in [0, 0.05) is 17.1 Å². The Morgan fingerprint density at radius 2 is 1.96 bits per heavy atom. The minimum absolute atomic E-state index is 0.0574. The van der Waals surface area contributed by atoms with Crippen molar-refractivity contribution in [3.63, 3.8) is 0 Å². The predicted molar refractivity (Wildman–Crippen MR) is 87.4 cm³/mol. The summed E-state index contributed by atoms with van der Waals surface area (Å²) in [6, 6.07) is 9.38. The van der Waals surface area contributed by atoms with Crippen molar-refractivity contribution in [1.82, 2.24) is 10.3 Å². The molecule has 1 aromatic carbocycles. The average molecular weight is 312 g/mol.